The average Bonchev–Trinajstić information content (AvgIpc) is 2.29. The van der Waals surface area contributed by atoms with Crippen LogP contribution in [-0.2, 0) is 0 Å². The number of hydrogen-bond donors (Lipinski definition) is 1. The molecule has 0 aliphatic carbocycles. The first-order valence-electron chi connectivity index (χ1n) is 5.23. The number of benzene rings is 2. The molecule has 0 fully saturated rings. The maximum atomic E-state index is 12.3. The minimum absolute atomic E-state index is 0.469. The van der Waals surface area contributed by atoms with Crippen molar-refractivity contribution in [3.8, 4) is 0 Å². The van der Waals surface area contributed by atoms with E-state index in [2.05, 4.69) is 0 Å². The van der Waals surface area contributed by atoms with Crippen molar-refractivity contribution < 1.29 is 8.78 Å². The summed E-state index contributed by atoms with van der Waals surface area (Å²) in [4.78, 5) is 0. The predicted molar refractivity (Wildman–Crippen MR) is 66.7 cm³/mol. The van der Waals surface area contributed by atoms with Crippen molar-refractivity contribution in [3.05, 3.63) is 65.2 Å². The minimum Gasteiger partial charge on any atom is -0.399 e. The molecular formula is C14H15F2N. The van der Waals surface area contributed by atoms with Crippen molar-refractivity contribution in [2.75, 3.05) is 5.73 Å². The first-order valence-corrected chi connectivity index (χ1v) is 5.23. The Morgan fingerprint density at radius 1 is 0.882 bits per heavy atom. The smallest absolute Gasteiger partial charge is 0.129 e. The number of aryl methyl sites for hydroxylation is 2. The molecule has 2 aromatic carbocycles. The molecule has 0 spiro atoms. The Kier molecular flexibility index (Phi) is 4.64. The molecule has 0 saturated carbocycles. The van der Waals surface area contributed by atoms with Crippen LogP contribution >= 0.6 is 0 Å². The summed E-state index contributed by atoms with van der Waals surface area (Å²) >= 11 is 0. The molecule has 0 heterocycles. The van der Waals surface area contributed by atoms with Gasteiger partial charge in [-0.1, -0.05) is 23.8 Å². The van der Waals surface area contributed by atoms with Gasteiger partial charge in [-0.3, -0.25) is 0 Å². The molecule has 17 heavy (non-hydrogen) atoms. The third kappa shape index (κ3) is 4.64. The van der Waals surface area contributed by atoms with Crippen molar-refractivity contribution >= 4 is 5.69 Å². The topological polar surface area (TPSA) is 26.0 Å². The predicted octanol–water partition coefficient (Wildman–Crippen LogP) is 3.85. The summed E-state index contributed by atoms with van der Waals surface area (Å²) in [5.74, 6) is -1.02. The zero-order valence-electron chi connectivity index (χ0n) is 9.87. The Labute approximate surface area is 99.9 Å². The Morgan fingerprint density at radius 3 is 1.88 bits per heavy atom. The van der Waals surface area contributed by atoms with Crippen molar-refractivity contribution in [1.82, 2.24) is 0 Å². The molecule has 0 unspecified atom stereocenters. The molecule has 0 atom stereocenters. The van der Waals surface area contributed by atoms with Crippen LogP contribution in [0.25, 0.3) is 0 Å². The molecule has 0 aliphatic rings. The molecule has 0 radical (unpaired) electrons. The lowest BCUT2D eigenvalue weighted by Gasteiger charge is -1.92. The lowest BCUT2D eigenvalue weighted by atomic mass is 10.2. The van der Waals surface area contributed by atoms with Gasteiger partial charge in [0.1, 0.15) is 11.6 Å². The lowest BCUT2D eigenvalue weighted by molar-refractivity contribution is 0.577. The fraction of sp³-hybridized carbons (Fsp3) is 0.143. The first-order chi connectivity index (χ1) is 7.99. The van der Waals surface area contributed by atoms with Gasteiger partial charge in [-0.05, 0) is 37.6 Å². The van der Waals surface area contributed by atoms with Crippen LogP contribution in [0.5, 0.6) is 0 Å². The van der Waals surface area contributed by atoms with Gasteiger partial charge in [0.05, 0.1) is 0 Å². The molecule has 90 valence electrons. The Balaban J connectivity index is 0.000000171. The molecule has 2 aromatic rings. The summed E-state index contributed by atoms with van der Waals surface area (Å²) in [7, 11) is 0. The maximum Gasteiger partial charge on any atom is 0.129 e. The van der Waals surface area contributed by atoms with Crippen LogP contribution in [0.1, 0.15) is 11.1 Å². The summed E-state index contributed by atoms with van der Waals surface area (Å²) in [6, 6.07) is 11.3. The van der Waals surface area contributed by atoms with E-state index in [4.69, 9.17) is 5.73 Å². The molecule has 0 amide bonds. The van der Waals surface area contributed by atoms with Crippen molar-refractivity contribution in [1.29, 1.82) is 0 Å². The summed E-state index contributed by atoms with van der Waals surface area (Å²) < 4.78 is 24.4. The molecule has 1 nitrogen and oxygen atoms in total. The summed E-state index contributed by atoms with van der Waals surface area (Å²) in [5, 5.41) is 0. The second-order valence-electron chi connectivity index (χ2n) is 3.80. The SMILES string of the molecule is Cc1ccc(F)cc1F.Cc1ccc(N)cc1. The summed E-state index contributed by atoms with van der Waals surface area (Å²) in [5.41, 5.74) is 7.97. The number of nitrogen functional groups attached to an aromatic ring is 1. The van der Waals surface area contributed by atoms with Crippen molar-refractivity contribution in [2.45, 2.75) is 13.8 Å². The van der Waals surface area contributed by atoms with E-state index in [1.807, 2.05) is 31.2 Å². The first kappa shape index (κ1) is 13.2. The van der Waals surface area contributed by atoms with Crippen LogP contribution in [0.3, 0.4) is 0 Å². The largest absolute Gasteiger partial charge is 0.399 e. The molecule has 3 heteroatoms. The highest BCUT2D eigenvalue weighted by Crippen LogP contribution is 2.06. The Morgan fingerprint density at radius 2 is 1.47 bits per heavy atom. The fourth-order valence-electron chi connectivity index (χ4n) is 1.13. The molecule has 0 bridgehead atoms. The normalized spacial score (nSPS) is 9.41. The number of rotatable bonds is 0. The van der Waals surface area contributed by atoms with Crippen LogP contribution < -0.4 is 5.73 Å². The van der Waals surface area contributed by atoms with Crippen LogP contribution in [0.4, 0.5) is 14.5 Å². The second-order valence-corrected chi connectivity index (χ2v) is 3.80. The van der Waals surface area contributed by atoms with E-state index in [0.29, 0.717) is 5.56 Å². The average molecular weight is 235 g/mol. The molecule has 0 aliphatic heterocycles. The molecular weight excluding hydrogens is 220 g/mol. The standard InChI is InChI=1S/C7H6F2.C7H9N/c1-5-2-3-6(8)4-7(5)9;1-6-2-4-7(8)5-3-6/h2-4H,1H3;2-5H,8H2,1H3. The van der Waals surface area contributed by atoms with Crippen molar-refractivity contribution in [3.63, 3.8) is 0 Å². The second kappa shape index (κ2) is 5.99. The van der Waals surface area contributed by atoms with Crippen LogP contribution in [0.2, 0.25) is 0 Å². The third-order valence-electron chi connectivity index (χ3n) is 2.21. The number of halogens is 2. The van der Waals surface area contributed by atoms with Gasteiger partial charge in [0.25, 0.3) is 0 Å². The van der Waals surface area contributed by atoms with E-state index in [-0.39, 0.29) is 0 Å². The fourth-order valence-corrected chi connectivity index (χ4v) is 1.13. The monoisotopic (exact) mass is 235 g/mol. The van der Waals surface area contributed by atoms with Gasteiger partial charge in [0, 0.05) is 11.8 Å². The van der Waals surface area contributed by atoms with E-state index in [1.165, 1.54) is 17.7 Å². The van der Waals surface area contributed by atoms with Gasteiger partial charge in [0.15, 0.2) is 0 Å². The van der Waals surface area contributed by atoms with Gasteiger partial charge in [0.2, 0.25) is 0 Å². The summed E-state index contributed by atoms with van der Waals surface area (Å²) in [6.07, 6.45) is 0. The lowest BCUT2D eigenvalue weighted by Crippen LogP contribution is -1.81. The highest BCUT2D eigenvalue weighted by atomic mass is 19.1. The Bertz CT molecular complexity index is 457. The number of anilines is 1. The van der Waals surface area contributed by atoms with Gasteiger partial charge in [-0.2, -0.15) is 0 Å². The van der Waals surface area contributed by atoms with Gasteiger partial charge in [-0.15, -0.1) is 0 Å². The molecule has 0 aromatic heterocycles. The molecule has 2 N–H and O–H groups in total. The number of nitrogens with two attached hydrogens (primary N) is 1. The van der Waals surface area contributed by atoms with E-state index in [0.717, 1.165) is 11.8 Å². The maximum absolute atomic E-state index is 12.3. The third-order valence-corrected chi connectivity index (χ3v) is 2.21. The van der Waals surface area contributed by atoms with Crippen LogP contribution in [0, 0.1) is 25.5 Å². The zero-order valence-corrected chi connectivity index (χ0v) is 9.87. The van der Waals surface area contributed by atoms with E-state index >= 15 is 0 Å². The highest BCUT2D eigenvalue weighted by Gasteiger charge is 1.95. The van der Waals surface area contributed by atoms with E-state index in [1.54, 1.807) is 6.92 Å². The van der Waals surface area contributed by atoms with Crippen molar-refractivity contribution in [2.24, 2.45) is 0 Å². The number of hydrogen-bond acceptors (Lipinski definition) is 1. The van der Waals surface area contributed by atoms with Crippen LogP contribution in [0.15, 0.2) is 42.5 Å². The van der Waals surface area contributed by atoms with E-state index in [9.17, 15) is 8.78 Å². The Hall–Kier alpha value is -1.90. The van der Waals surface area contributed by atoms with Crippen LogP contribution in [-0.4, -0.2) is 0 Å². The zero-order chi connectivity index (χ0) is 12.8. The van der Waals surface area contributed by atoms with Gasteiger partial charge >= 0.3 is 0 Å². The summed E-state index contributed by atoms with van der Waals surface area (Å²) in [6.45, 7) is 3.63. The van der Waals surface area contributed by atoms with Gasteiger partial charge < -0.3 is 5.73 Å². The minimum atomic E-state index is -0.530. The highest BCUT2D eigenvalue weighted by molar-refractivity contribution is 5.38. The quantitative estimate of drug-likeness (QED) is 0.689. The molecule has 2 rings (SSSR count). The van der Waals surface area contributed by atoms with Gasteiger partial charge in [-0.25, -0.2) is 8.78 Å². The van der Waals surface area contributed by atoms with E-state index < -0.39 is 11.6 Å². The molecule has 0 saturated heterocycles.